The van der Waals surface area contributed by atoms with Crippen LogP contribution in [0.15, 0.2) is 48.7 Å². The monoisotopic (exact) mass is 541 g/mol. The van der Waals surface area contributed by atoms with Gasteiger partial charge >= 0.3 is 5.97 Å². The highest BCUT2D eigenvalue weighted by atomic mass is 16.5. The van der Waals surface area contributed by atoms with E-state index in [2.05, 4.69) is 58.3 Å². The number of pyridine rings is 1. The second-order valence-corrected chi connectivity index (χ2v) is 11.5. The Morgan fingerprint density at radius 3 is 2.70 bits per heavy atom. The Kier molecular flexibility index (Phi) is 7.64. The highest BCUT2D eigenvalue weighted by Crippen LogP contribution is 2.44. The second kappa shape index (κ2) is 11.0. The molecule has 4 aromatic rings. The molecule has 2 unspecified atom stereocenters. The van der Waals surface area contributed by atoms with E-state index in [4.69, 9.17) is 4.74 Å². The molecule has 1 aliphatic heterocycles. The Labute approximate surface area is 236 Å². The van der Waals surface area contributed by atoms with E-state index in [0.29, 0.717) is 6.54 Å². The predicted octanol–water partition coefficient (Wildman–Crippen LogP) is 5.88. The van der Waals surface area contributed by atoms with Crippen molar-refractivity contribution in [2.75, 3.05) is 6.54 Å². The number of fused-ring (bicyclic) bond motifs is 2. The first-order valence-electron chi connectivity index (χ1n) is 14.1. The number of carboxylic acids is 1. The lowest BCUT2D eigenvalue weighted by Gasteiger charge is -2.33. The van der Waals surface area contributed by atoms with Crippen molar-refractivity contribution in [3.05, 3.63) is 82.2 Å². The summed E-state index contributed by atoms with van der Waals surface area (Å²) in [6.45, 7) is 14.9. The molecule has 0 bridgehead atoms. The van der Waals surface area contributed by atoms with E-state index >= 15 is 0 Å². The van der Waals surface area contributed by atoms with Gasteiger partial charge in [-0.25, -0.2) is 4.68 Å². The van der Waals surface area contributed by atoms with Gasteiger partial charge in [0.1, 0.15) is 17.4 Å². The number of carbonyl (C=O) groups is 1. The van der Waals surface area contributed by atoms with Crippen LogP contribution in [0.2, 0.25) is 0 Å². The summed E-state index contributed by atoms with van der Waals surface area (Å²) in [5.41, 5.74) is 6.93. The number of aromatic nitrogens is 4. The van der Waals surface area contributed by atoms with E-state index in [9.17, 15) is 9.90 Å². The third kappa shape index (κ3) is 5.08. The molecule has 40 heavy (non-hydrogen) atoms. The number of carboxylic acid groups (broad SMARTS) is 1. The number of hydrogen-bond acceptors (Lipinski definition) is 6. The average molecular weight is 542 g/mol. The second-order valence-electron chi connectivity index (χ2n) is 11.5. The summed E-state index contributed by atoms with van der Waals surface area (Å²) in [4.78, 5) is 19.6. The minimum Gasteiger partial charge on any atom is -0.487 e. The molecule has 1 N–H and O–H groups in total. The van der Waals surface area contributed by atoms with E-state index in [0.717, 1.165) is 65.2 Å². The van der Waals surface area contributed by atoms with Crippen molar-refractivity contribution in [3.8, 4) is 5.75 Å². The van der Waals surface area contributed by atoms with Crippen LogP contribution in [0.25, 0.3) is 11.0 Å². The third-order valence-electron chi connectivity index (χ3n) is 8.40. The molecule has 0 spiro atoms. The number of nitrogens with zero attached hydrogens (tertiary/aromatic N) is 5. The average Bonchev–Trinajstić information content (AvgIpc) is 3.27. The molecule has 5 rings (SSSR count). The molecule has 2 atom stereocenters. The first-order chi connectivity index (χ1) is 19.1. The fourth-order valence-electron chi connectivity index (χ4n) is 5.88. The molecule has 0 fully saturated rings. The molecular formula is C32H39N5O3. The van der Waals surface area contributed by atoms with E-state index < -0.39 is 11.4 Å². The Morgan fingerprint density at radius 2 is 1.98 bits per heavy atom. The number of hydrogen-bond donors (Lipinski definition) is 1. The van der Waals surface area contributed by atoms with Crippen LogP contribution in [0.1, 0.15) is 73.5 Å². The summed E-state index contributed by atoms with van der Waals surface area (Å²) in [6, 6.07) is 14.4. The standard InChI is InChI=1S/C32H39N5O3/c1-7-24-18-36(19-26-28(40-24)10-9-15-33-26)17-23-16-22(12-11-20(23)3)29(32(5,6)31(38)39)25-13-14-27-30(21(25)4)34-35-37(27)8-2/h9-16,24,29H,7-8,17-19H2,1-6H3,(H,38,39). The zero-order valence-corrected chi connectivity index (χ0v) is 24.3. The number of aryl methyl sites for hydroxylation is 3. The minimum atomic E-state index is -1.06. The van der Waals surface area contributed by atoms with Gasteiger partial charge in [0, 0.05) is 38.3 Å². The van der Waals surface area contributed by atoms with Gasteiger partial charge in [-0.15, -0.1) is 5.10 Å². The summed E-state index contributed by atoms with van der Waals surface area (Å²) >= 11 is 0. The predicted molar refractivity (Wildman–Crippen MR) is 155 cm³/mol. The molecule has 0 amide bonds. The molecule has 1 aliphatic rings. The summed E-state index contributed by atoms with van der Waals surface area (Å²) in [5, 5.41) is 19.1. The molecule has 0 aliphatic carbocycles. The maximum absolute atomic E-state index is 12.7. The lowest BCUT2D eigenvalue weighted by molar-refractivity contribution is -0.147. The van der Waals surface area contributed by atoms with Crippen molar-refractivity contribution in [1.29, 1.82) is 0 Å². The number of rotatable bonds is 8. The van der Waals surface area contributed by atoms with Crippen LogP contribution >= 0.6 is 0 Å². The number of ether oxygens (including phenoxy) is 1. The van der Waals surface area contributed by atoms with Crippen molar-refractivity contribution in [2.45, 2.75) is 79.6 Å². The Balaban J connectivity index is 1.56. The number of benzene rings is 2. The Hall–Kier alpha value is -3.78. The topological polar surface area (TPSA) is 93.4 Å². The lowest BCUT2D eigenvalue weighted by atomic mass is 9.69. The van der Waals surface area contributed by atoms with Crippen molar-refractivity contribution < 1.29 is 14.6 Å². The summed E-state index contributed by atoms with van der Waals surface area (Å²) in [6.07, 6.45) is 2.80. The van der Waals surface area contributed by atoms with E-state index in [1.807, 2.05) is 56.8 Å². The summed E-state index contributed by atoms with van der Waals surface area (Å²) in [5.74, 6) is -0.357. The van der Waals surface area contributed by atoms with Crippen molar-refractivity contribution in [3.63, 3.8) is 0 Å². The van der Waals surface area contributed by atoms with Crippen LogP contribution in [0.4, 0.5) is 0 Å². The van der Waals surface area contributed by atoms with Crippen molar-refractivity contribution in [2.24, 2.45) is 5.41 Å². The van der Waals surface area contributed by atoms with Crippen LogP contribution in [0.5, 0.6) is 5.75 Å². The van der Waals surface area contributed by atoms with Gasteiger partial charge < -0.3 is 9.84 Å². The number of aliphatic carboxylic acids is 1. The summed E-state index contributed by atoms with van der Waals surface area (Å²) < 4.78 is 8.14. The van der Waals surface area contributed by atoms with Crippen LogP contribution in [-0.2, 0) is 24.4 Å². The molecule has 210 valence electrons. The van der Waals surface area contributed by atoms with Gasteiger partial charge in [-0.2, -0.15) is 0 Å². The van der Waals surface area contributed by atoms with Gasteiger partial charge in [0.05, 0.1) is 16.6 Å². The quantitative estimate of drug-likeness (QED) is 0.298. The highest BCUT2D eigenvalue weighted by molar-refractivity contribution is 5.82. The van der Waals surface area contributed by atoms with Gasteiger partial charge in [0.2, 0.25) is 0 Å². The maximum atomic E-state index is 12.7. The SMILES string of the molecule is CCC1CN(Cc2cc(C(c3ccc4c(nnn4CC)c3C)C(C)(C)C(=O)O)ccc2C)Cc2ncccc2O1. The molecule has 0 radical (unpaired) electrons. The smallest absolute Gasteiger partial charge is 0.310 e. The fraction of sp³-hybridized carbons (Fsp3) is 0.438. The molecule has 2 aromatic carbocycles. The fourth-order valence-corrected chi connectivity index (χ4v) is 5.88. The molecule has 3 heterocycles. The normalized spacial score (nSPS) is 16.8. The largest absolute Gasteiger partial charge is 0.487 e. The molecule has 2 aromatic heterocycles. The van der Waals surface area contributed by atoms with E-state index in [-0.39, 0.29) is 12.0 Å². The lowest BCUT2D eigenvalue weighted by Crippen LogP contribution is -2.33. The van der Waals surface area contributed by atoms with E-state index in [1.54, 1.807) is 0 Å². The molecular weight excluding hydrogens is 502 g/mol. The maximum Gasteiger partial charge on any atom is 0.310 e. The molecule has 0 saturated heterocycles. The Bertz CT molecular complexity index is 1540. The van der Waals surface area contributed by atoms with Gasteiger partial charge in [-0.3, -0.25) is 14.7 Å². The third-order valence-corrected chi connectivity index (χ3v) is 8.40. The molecule has 0 saturated carbocycles. The van der Waals surface area contributed by atoms with Crippen molar-refractivity contribution in [1.82, 2.24) is 24.9 Å². The van der Waals surface area contributed by atoms with Gasteiger partial charge in [-0.05, 0) is 87.1 Å². The zero-order chi connectivity index (χ0) is 28.6. The van der Waals surface area contributed by atoms with Crippen LogP contribution in [0.3, 0.4) is 0 Å². The molecule has 8 heteroatoms. The van der Waals surface area contributed by atoms with Crippen molar-refractivity contribution >= 4 is 17.0 Å². The summed E-state index contributed by atoms with van der Waals surface area (Å²) in [7, 11) is 0. The first kappa shape index (κ1) is 27.8. The molecule has 8 nitrogen and oxygen atoms in total. The van der Waals surface area contributed by atoms with E-state index in [1.165, 1.54) is 11.1 Å². The van der Waals surface area contributed by atoms with Gasteiger partial charge in [-0.1, -0.05) is 36.4 Å². The van der Waals surface area contributed by atoms with Gasteiger partial charge in [0.15, 0.2) is 0 Å². The Morgan fingerprint density at radius 1 is 1.18 bits per heavy atom. The van der Waals surface area contributed by atoms with Crippen LogP contribution in [0, 0.1) is 19.3 Å². The van der Waals surface area contributed by atoms with Gasteiger partial charge in [0.25, 0.3) is 0 Å². The highest BCUT2D eigenvalue weighted by Gasteiger charge is 2.40. The van der Waals surface area contributed by atoms with Crippen LogP contribution < -0.4 is 4.74 Å². The first-order valence-corrected chi connectivity index (χ1v) is 14.1. The van der Waals surface area contributed by atoms with Crippen LogP contribution in [-0.4, -0.2) is 48.6 Å². The zero-order valence-electron chi connectivity index (χ0n) is 24.3. The minimum absolute atomic E-state index is 0.0820.